The van der Waals surface area contributed by atoms with Crippen LogP contribution in [0.5, 0.6) is 0 Å². The lowest BCUT2D eigenvalue weighted by Gasteiger charge is -2.10. The summed E-state index contributed by atoms with van der Waals surface area (Å²) in [6.45, 7) is 3.67. The first-order valence-corrected chi connectivity index (χ1v) is 5.32. The van der Waals surface area contributed by atoms with Gasteiger partial charge < -0.3 is 5.21 Å². The first kappa shape index (κ1) is 11.3. The number of pyridine rings is 1. The summed E-state index contributed by atoms with van der Waals surface area (Å²) >= 11 is 0. The van der Waals surface area contributed by atoms with Crippen LogP contribution in [0.3, 0.4) is 0 Å². The van der Waals surface area contributed by atoms with E-state index < -0.39 is 4.92 Å². The molecule has 0 atom stereocenters. The van der Waals surface area contributed by atoms with E-state index in [9.17, 15) is 15.3 Å². The van der Waals surface area contributed by atoms with Crippen molar-refractivity contribution in [2.24, 2.45) is 0 Å². The molecule has 0 saturated carbocycles. The van der Waals surface area contributed by atoms with E-state index in [0.717, 1.165) is 4.73 Å². The molecule has 1 heterocycles. The van der Waals surface area contributed by atoms with Crippen molar-refractivity contribution >= 4 is 16.6 Å². The van der Waals surface area contributed by atoms with Gasteiger partial charge in [-0.05, 0) is 6.07 Å². The van der Waals surface area contributed by atoms with E-state index in [2.05, 4.69) is 0 Å². The van der Waals surface area contributed by atoms with Gasteiger partial charge in [-0.2, -0.15) is 4.73 Å². The SMILES string of the molecule is CC(C)c1cc([N+](=O)[O-])c2ccccc2[n+]1[O-]. The predicted molar refractivity (Wildman–Crippen MR) is 63.7 cm³/mol. The summed E-state index contributed by atoms with van der Waals surface area (Å²) in [6.07, 6.45) is 0. The van der Waals surface area contributed by atoms with Crippen LogP contribution >= 0.6 is 0 Å². The minimum absolute atomic E-state index is 0.0172. The molecule has 88 valence electrons. The average molecular weight is 232 g/mol. The highest BCUT2D eigenvalue weighted by molar-refractivity contribution is 5.85. The lowest BCUT2D eigenvalue weighted by atomic mass is 10.1. The second-order valence-corrected chi connectivity index (χ2v) is 4.18. The van der Waals surface area contributed by atoms with E-state index in [-0.39, 0.29) is 11.6 Å². The number of nitrogens with zero attached hydrogens (tertiary/aromatic N) is 2. The van der Waals surface area contributed by atoms with Crippen LogP contribution in [-0.4, -0.2) is 4.92 Å². The summed E-state index contributed by atoms with van der Waals surface area (Å²) in [5.74, 6) is -0.0594. The number of fused-ring (bicyclic) bond motifs is 1. The standard InChI is InChI=1S/C12H12N2O3/c1-8(2)11-7-12(14(16)17)9-5-3-4-6-10(9)13(11)15/h3-8H,1-2H3. The zero-order valence-corrected chi connectivity index (χ0v) is 9.58. The van der Waals surface area contributed by atoms with Crippen molar-refractivity contribution in [3.8, 4) is 0 Å². The Balaban J connectivity index is 2.90. The van der Waals surface area contributed by atoms with E-state index in [4.69, 9.17) is 0 Å². The maximum atomic E-state index is 12.0. The van der Waals surface area contributed by atoms with Crippen LogP contribution in [0.15, 0.2) is 30.3 Å². The van der Waals surface area contributed by atoms with Gasteiger partial charge in [0.05, 0.1) is 11.0 Å². The molecule has 0 aliphatic carbocycles. The van der Waals surface area contributed by atoms with E-state index in [0.29, 0.717) is 16.6 Å². The van der Waals surface area contributed by atoms with Crippen LogP contribution < -0.4 is 4.73 Å². The zero-order chi connectivity index (χ0) is 12.6. The molecule has 0 fully saturated rings. The quantitative estimate of drug-likeness (QED) is 0.345. The Morgan fingerprint density at radius 2 is 1.94 bits per heavy atom. The van der Waals surface area contributed by atoms with E-state index in [1.807, 2.05) is 13.8 Å². The molecule has 5 nitrogen and oxygen atoms in total. The van der Waals surface area contributed by atoms with Crippen LogP contribution in [-0.2, 0) is 0 Å². The maximum absolute atomic E-state index is 12.0. The van der Waals surface area contributed by atoms with Gasteiger partial charge >= 0.3 is 0 Å². The van der Waals surface area contributed by atoms with Crippen molar-refractivity contribution in [3.63, 3.8) is 0 Å². The minimum atomic E-state index is -0.450. The van der Waals surface area contributed by atoms with Crippen molar-refractivity contribution in [2.75, 3.05) is 0 Å². The molecule has 0 radical (unpaired) electrons. The van der Waals surface area contributed by atoms with Gasteiger partial charge in [0.1, 0.15) is 5.39 Å². The molecule has 2 aromatic rings. The molecule has 0 spiro atoms. The Morgan fingerprint density at radius 3 is 2.53 bits per heavy atom. The summed E-state index contributed by atoms with van der Waals surface area (Å²) < 4.78 is 0.771. The first-order chi connectivity index (χ1) is 8.02. The molecule has 2 rings (SSSR count). The lowest BCUT2D eigenvalue weighted by Crippen LogP contribution is -2.33. The second-order valence-electron chi connectivity index (χ2n) is 4.18. The number of aromatic nitrogens is 1. The topological polar surface area (TPSA) is 70.1 Å². The van der Waals surface area contributed by atoms with Gasteiger partial charge in [0.15, 0.2) is 0 Å². The Kier molecular flexibility index (Phi) is 2.67. The van der Waals surface area contributed by atoms with Crippen LogP contribution in [0.1, 0.15) is 25.5 Å². The number of hydrogen-bond acceptors (Lipinski definition) is 3. The van der Waals surface area contributed by atoms with Crippen molar-refractivity contribution < 1.29 is 9.65 Å². The first-order valence-electron chi connectivity index (χ1n) is 5.32. The fourth-order valence-corrected chi connectivity index (χ4v) is 1.84. The van der Waals surface area contributed by atoms with Gasteiger partial charge in [0, 0.05) is 12.0 Å². The van der Waals surface area contributed by atoms with Gasteiger partial charge in [-0.3, -0.25) is 10.1 Å². The molecular weight excluding hydrogens is 220 g/mol. The van der Waals surface area contributed by atoms with E-state index in [1.54, 1.807) is 24.3 Å². The van der Waals surface area contributed by atoms with Gasteiger partial charge in [-0.25, -0.2) is 0 Å². The fourth-order valence-electron chi connectivity index (χ4n) is 1.84. The predicted octanol–water partition coefficient (Wildman–Crippen LogP) is 2.50. The van der Waals surface area contributed by atoms with Gasteiger partial charge in [0.2, 0.25) is 11.2 Å². The number of nitro groups is 1. The van der Waals surface area contributed by atoms with Crippen molar-refractivity contribution in [3.05, 3.63) is 51.3 Å². The molecule has 0 unspecified atom stereocenters. The summed E-state index contributed by atoms with van der Waals surface area (Å²) in [7, 11) is 0. The smallest absolute Gasteiger partial charge is 0.289 e. The van der Waals surface area contributed by atoms with E-state index >= 15 is 0 Å². The minimum Gasteiger partial charge on any atom is -0.618 e. The molecule has 0 saturated heterocycles. The molecule has 5 heteroatoms. The third-order valence-corrected chi connectivity index (χ3v) is 2.71. The van der Waals surface area contributed by atoms with Crippen LogP contribution in [0.25, 0.3) is 10.9 Å². The number of rotatable bonds is 2. The Bertz CT molecular complexity index is 594. The molecule has 0 aliphatic rings. The molecule has 1 aromatic carbocycles. The van der Waals surface area contributed by atoms with Crippen molar-refractivity contribution in [2.45, 2.75) is 19.8 Å². The molecule has 17 heavy (non-hydrogen) atoms. The van der Waals surface area contributed by atoms with Gasteiger partial charge in [0.25, 0.3) is 5.69 Å². The highest BCUT2D eigenvalue weighted by Crippen LogP contribution is 2.26. The third kappa shape index (κ3) is 1.80. The number of benzene rings is 1. The van der Waals surface area contributed by atoms with Crippen LogP contribution in [0.4, 0.5) is 5.69 Å². The van der Waals surface area contributed by atoms with Crippen LogP contribution in [0.2, 0.25) is 0 Å². The number of para-hydroxylation sites is 1. The summed E-state index contributed by atoms with van der Waals surface area (Å²) in [6, 6.07) is 7.93. The lowest BCUT2D eigenvalue weighted by molar-refractivity contribution is -0.587. The maximum Gasteiger partial charge on any atom is 0.289 e. The van der Waals surface area contributed by atoms with Gasteiger partial charge in [-0.15, -0.1) is 0 Å². The Hall–Kier alpha value is -2.17. The highest BCUT2D eigenvalue weighted by atomic mass is 16.6. The largest absolute Gasteiger partial charge is 0.618 e. The average Bonchev–Trinajstić information content (AvgIpc) is 2.29. The summed E-state index contributed by atoms with van der Waals surface area (Å²) in [4.78, 5) is 10.5. The fraction of sp³-hybridized carbons (Fsp3) is 0.250. The third-order valence-electron chi connectivity index (χ3n) is 2.71. The van der Waals surface area contributed by atoms with Crippen molar-refractivity contribution in [1.29, 1.82) is 0 Å². The Morgan fingerprint density at radius 1 is 1.29 bits per heavy atom. The number of hydrogen-bond donors (Lipinski definition) is 0. The van der Waals surface area contributed by atoms with E-state index in [1.165, 1.54) is 6.07 Å². The Labute approximate surface area is 98.0 Å². The molecule has 1 aromatic heterocycles. The molecule has 0 amide bonds. The molecule has 0 aliphatic heterocycles. The molecule has 0 N–H and O–H groups in total. The molecule has 0 bridgehead atoms. The zero-order valence-electron chi connectivity index (χ0n) is 9.58. The van der Waals surface area contributed by atoms with Crippen LogP contribution in [0, 0.1) is 15.3 Å². The van der Waals surface area contributed by atoms with Gasteiger partial charge in [-0.1, -0.05) is 26.0 Å². The summed E-state index contributed by atoms with van der Waals surface area (Å²) in [5.41, 5.74) is 0.734. The van der Waals surface area contributed by atoms with Crippen molar-refractivity contribution in [1.82, 2.24) is 0 Å². The molecular formula is C12H12N2O3. The highest BCUT2D eigenvalue weighted by Gasteiger charge is 2.23. The monoisotopic (exact) mass is 232 g/mol. The normalized spacial score (nSPS) is 11.0. The summed E-state index contributed by atoms with van der Waals surface area (Å²) in [5, 5.41) is 23.4. The second kappa shape index (κ2) is 4.01.